The molecule has 2 aromatic carbocycles. The first-order valence-corrected chi connectivity index (χ1v) is 6.90. The zero-order chi connectivity index (χ0) is 15.2. The summed E-state index contributed by atoms with van der Waals surface area (Å²) in [5.74, 6) is 0.622. The van der Waals surface area contributed by atoms with E-state index in [1.807, 2.05) is 37.3 Å². The van der Waals surface area contributed by atoms with Crippen LogP contribution in [-0.4, -0.2) is 19.6 Å². The number of methoxy groups -OCH3 is 1. The maximum absolute atomic E-state index is 11.9. The van der Waals surface area contributed by atoms with Gasteiger partial charge in [0.05, 0.1) is 13.7 Å². The third-order valence-corrected chi connectivity index (χ3v) is 3.22. The van der Waals surface area contributed by atoms with Gasteiger partial charge in [0, 0.05) is 22.5 Å². The summed E-state index contributed by atoms with van der Waals surface area (Å²) in [6, 6.07) is 12.8. The largest absolute Gasteiger partial charge is 0.497 e. The predicted molar refractivity (Wildman–Crippen MR) is 86.3 cm³/mol. The van der Waals surface area contributed by atoms with E-state index >= 15 is 0 Å². The molecule has 2 aromatic rings. The molecule has 21 heavy (non-hydrogen) atoms. The Balaban J connectivity index is 1.92. The van der Waals surface area contributed by atoms with E-state index in [1.54, 1.807) is 19.2 Å². The second-order valence-corrected chi connectivity index (χ2v) is 5.03. The topological polar surface area (TPSA) is 50.4 Å². The van der Waals surface area contributed by atoms with Gasteiger partial charge in [0.25, 0.3) is 0 Å². The molecule has 0 saturated heterocycles. The third-order valence-electron chi connectivity index (χ3n) is 2.99. The van der Waals surface area contributed by atoms with Gasteiger partial charge in [-0.3, -0.25) is 4.79 Å². The van der Waals surface area contributed by atoms with Crippen LogP contribution in [0.2, 0.25) is 5.02 Å². The number of hydrogen-bond donors (Lipinski definition) is 2. The maximum atomic E-state index is 11.9. The molecule has 0 spiro atoms. The lowest BCUT2D eigenvalue weighted by Crippen LogP contribution is -2.22. The number of ether oxygens (including phenoxy) is 1. The van der Waals surface area contributed by atoms with Gasteiger partial charge in [-0.1, -0.05) is 17.7 Å². The number of nitrogens with one attached hydrogen (secondary N) is 2. The minimum absolute atomic E-state index is 0.122. The van der Waals surface area contributed by atoms with Crippen LogP contribution in [0.5, 0.6) is 5.75 Å². The fourth-order valence-corrected chi connectivity index (χ4v) is 2.10. The van der Waals surface area contributed by atoms with Gasteiger partial charge < -0.3 is 15.4 Å². The minimum Gasteiger partial charge on any atom is -0.497 e. The van der Waals surface area contributed by atoms with Gasteiger partial charge in [0.15, 0.2) is 0 Å². The second-order valence-electron chi connectivity index (χ2n) is 4.59. The second kappa shape index (κ2) is 6.99. The molecule has 5 heteroatoms. The molecule has 0 heterocycles. The number of aryl methyl sites for hydroxylation is 1. The summed E-state index contributed by atoms with van der Waals surface area (Å²) in [4.78, 5) is 11.9. The molecular formula is C16H17ClN2O2. The monoisotopic (exact) mass is 304 g/mol. The fourth-order valence-electron chi connectivity index (χ4n) is 1.88. The van der Waals surface area contributed by atoms with Crippen molar-refractivity contribution in [2.45, 2.75) is 6.92 Å². The molecule has 0 bridgehead atoms. The van der Waals surface area contributed by atoms with Crippen molar-refractivity contribution >= 4 is 28.9 Å². The lowest BCUT2D eigenvalue weighted by atomic mass is 10.2. The van der Waals surface area contributed by atoms with Gasteiger partial charge in [0.1, 0.15) is 5.75 Å². The van der Waals surface area contributed by atoms with Gasteiger partial charge in [-0.2, -0.15) is 0 Å². The highest BCUT2D eigenvalue weighted by atomic mass is 35.5. The minimum atomic E-state index is -0.122. The third kappa shape index (κ3) is 4.39. The lowest BCUT2D eigenvalue weighted by Gasteiger charge is -2.10. The van der Waals surface area contributed by atoms with E-state index in [2.05, 4.69) is 10.6 Å². The summed E-state index contributed by atoms with van der Waals surface area (Å²) >= 11 is 5.89. The van der Waals surface area contributed by atoms with Gasteiger partial charge in [-0.25, -0.2) is 0 Å². The van der Waals surface area contributed by atoms with Crippen LogP contribution >= 0.6 is 11.6 Å². The highest BCUT2D eigenvalue weighted by Gasteiger charge is 2.05. The van der Waals surface area contributed by atoms with Crippen LogP contribution in [0.25, 0.3) is 0 Å². The number of carbonyl (C=O) groups excluding carboxylic acids is 1. The van der Waals surface area contributed by atoms with Crippen molar-refractivity contribution in [1.29, 1.82) is 0 Å². The van der Waals surface area contributed by atoms with E-state index < -0.39 is 0 Å². The van der Waals surface area contributed by atoms with Crippen molar-refractivity contribution < 1.29 is 9.53 Å². The van der Waals surface area contributed by atoms with Crippen molar-refractivity contribution in [3.63, 3.8) is 0 Å². The van der Waals surface area contributed by atoms with Crippen LogP contribution in [0.1, 0.15) is 5.56 Å². The molecular weight excluding hydrogens is 288 g/mol. The molecule has 2 N–H and O–H groups in total. The molecule has 0 fully saturated rings. The molecule has 4 nitrogen and oxygen atoms in total. The van der Waals surface area contributed by atoms with E-state index in [9.17, 15) is 4.79 Å². The Morgan fingerprint density at radius 2 is 2.05 bits per heavy atom. The van der Waals surface area contributed by atoms with Gasteiger partial charge in [-0.15, -0.1) is 0 Å². The molecule has 0 saturated carbocycles. The Hall–Kier alpha value is -2.20. The first-order chi connectivity index (χ1) is 10.1. The van der Waals surface area contributed by atoms with Crippen LogP contribution in [0, 0.1) is 6.92 Å². The number of halogens is 1. The van der Waals surface area contributed by atoms with Crippen LogP contribution in [0.3, 0.4) is 0 Å². The van der Waals surface area contributed by atoms with Crippen molar-refractivity contribution in [2.24, 2.45) is 0 Å². The van der Waals surface area contributed by atoms with Crippen molar-refractivity contribution in [1.82, 2.24) is 0 Å². The molecule has 1 amide bonds. The summed E-state index contributed by atoms with van der Waals surface area (Å²) in [5.41, 5.74) is 2.52. The zero-order valence-corrected chi connectivity index (χ0v) is 12.7. The number of hydrogen-bond acceptors (Lipinski definition) is 3. The molecule has 0 aliphatic carbocycles. The Kier molecular flexibility index (Phi) is 5.06. The standard InChI is InChI=1S/C16H17ClN2O2/c1-11-8-12(17)6-7-15(11)19-16(20)10-18-13-4-3-5-14(9-13)21-2/h3-9,18H,10H2,1-2H3,(H,19,20). The van der Waals surface area contributed by atoms with Gasteiger partial charge in [0.2, 0.25) is 5.91 Å². The number of amides is 1. The van der Waals surface area contributed by atoms with E-state index in [1.165, 1.54) is 0 Å². The summed E-state index contributed by atoms with van der Waals surface area (Å²) in [6.45, 7) is 2.08. The van der Waals surface area contributed by atoms with E-state index in [-0.39, 0.29) is 12.5 Å². The van der Waals surface area contributed by atoms with Gasteiger partial charge >= 0.3 is 0 Å². The molecule has 0 unspecified atom stereocenters. The van der Waals surface area contributed by atoms with Gasteiger partial charge in [-0.05, 0) is 42.8 Å². The molecule has 0 aliphatic heterocycles. The average Bonchev–Trinajstić information content (AvgIpc) is 2.48. The van der Waals surface area contributed by atoms with Crippen LogP contribution in [0.15, 0.2) is 42.5 Å². The Labute approximate surface area is 129 Å². The van der Waals surface area contributed by atoms with Crippen molar-refractivity contribution in [3.05, 3.63) is 53.1 Å². The highest BCUT2D eigenvalue weighted by molar-refractivity contribution is 6.30. The normalized spacial score (nSPS) is 10.0. The summed E-state index contributed by atoms with van der Waals surface area (Å²) in [5, 5.41) is 6.55. The van der Waals surface area contributed by atoms with Crippen LogP contribution in [-0.2, 0) is 4.79 Å². The SMILES string of the molecule is COc1cccc(NCC(=O)Nc2ccc(Cl)cc2C)c1. The van der Waals surface area contributed by atoms with Crippen molar-refractivity contribution in [3.8, 4) is 5.75 Å². The molecule has 2 rings (SSSR count). The zero-order valence-electron chi connectivity index (χ0n) is 11.9. The number of carbonyl (C=O) groups is 1. The molecule has 110 valence electrons. The summed E-state index contributed by atoms with van der Waals surface area (Å²) in [7, 11) is 1.61. The highest BCUT2D eigenvalue weighted by Crippen LogP contribution is 2.20. The number of anilines is 2. The number of rotatable bonds is 5. The average molecular weight is 305 g/mol. The van der Waals surface area contributed by atoms with Crippen molar-refractivity contribution in [2.75, 3.05) is 24.3 Å². The van der Waals surface area contributed by atoms with Crippen LogP contribution < -0.4 is 15.4 Å². The molecule has 0 aromatic heterocycles. The first kappa shape index (κ1) is 15.2. The smallest absolute Gasteiger partial charge is 0.243 e. The van der Waals surface area contributed by atoms with Crippen LogP contribution in [0.4, 0.5) is 11.4 Å². The molecule has 0 aliphatic rings. The molecule has 0 radical (unpaired) electrons. The maximum Gasteiger partial charge on any atom is 0.243 e. The Bertz CT molecular complexity index is 644. The Morgan fingerprint density at radius 3 is 2.76 bits per heavy atom. The first-order valence-electron chi connectivity index (χ1n) is 6.52. The lowest BCUT2D eigenvalue weighted by molar-refractivity contribution is -0.114. The van der Waals surface area contributed by atoms with E-state index in [4.69, 9.17) is 16.3 Å². The summed E-state index contributed by atoms with van der Waals surface area (Å²) in [6.07, 6.45) is 0. The summed E-state index contributed by atoms with van der Waals surface area (Å²) < 4.78 is 5.13. The Morgan fingerprint density at radius 1 is 1.24 bits per heavy atom. The van der Waals surface area contributed by atoms with E-state index in [0.29, 0.717) is 5.02 Å². The molecule has 0 atom stereocenters. The quantitative estimate of drug-likeness (QED) is 0.885. The van der Waals surface area contributed by atoms with E-state index in [0.717, 1.165) is 22.7 Å². The predicted octanol–water partition coefficient (Wildman–Crippen LogP) is 3.71. The number of benzene rings is 2. The fraction of sp³-hybridized carbons (Fsp3) is 0.188.